The Hall–Kier alpha value is -0.160. The minimum absolute atomic E-state index is 0.449. The molecule has 0 amide bonds. The maximum absolute atomic E-state index is 10.1. The normalized spacial score (nSPS) is 12.7. The third kappa shape index (κ3) is 2.94. The van der Waals surface area contributed by atoms with E-state index in [1.165, 1.54) is 0 Å². The van der Waals surface area contributed by atoms with E-state index >= 15 is 0 Å². The van der Waals surface area contributed by atoms with E-state index in [9.17, 15) is 5.11 Å². The lowest BCUT2D eigenvalue weighted by Crippen LogP contribution is -2.00. The SMILES string of the molecule is OC(Cc1cccc(Br)c1)c1cscc1Br. The molecule has 84 valence electrons. The summed E-state index contributed by atoms with van der Waals surface area (Å²) in [5.74, 6) is 0. The summed E-state index contributed by atoms with van der Waals surface area (Å²) < 4.78 is 2.03. The van der Waals surface area contributed by atoms with Crippen molar-refractivity contribution < 1.29 is 5.11 Å². The zero-order chi connectivity index (χ0) is 11.5. The van der Waals surface area contributed by atoms with Crippen LogP contribution in [0.1, 0.15) is 17.2 Å². The van der Waals surface area contributed by atoms with Crippen LogP contribution in [0, 0.1) is 0 Å². The molecule has 1 unspecified atom stereocenters. The van der Waals surface area contributed by atoms with E-state index in [0.717, 1.165) is 20.1 Å². The average Bonchev–Trinajstić information content (AvgIpc) is 2.64. The van der Waals surface area contributed by atoms with E-state index in [1.807, 2.05) is 35.0 Å². The van der Waals surface area contributed by atoms with E-state index in [-0.39, 0.29) is 0 Å². The minimum atomic E-state index is -0.449. The Morgan fingerprint density at radius 2 is 2.06 bits per heavy atom. The van der Waals surface area contributed by atoms with E-state index in [1.54, 1.807) is 11.3 Å². The number of hydrogen-bond acceptors (Lipinski definition) is 2. The van der Waals surface area contributed by atoms with Gasteiger partial charge in [-0.15, -0.1) is 0 Å². The zero-order valence-electron chi connectivity index (χ0n) is 8.36. The van der Waals surface area contributed by atoms with Crippen LogP contribution in [0.25, 0.3) is 0 Å². The van der Waals surface area contributed by atoms with Crippen LogP contribution in [-0.4, -0.2) is 5.11 Å². The highest BCUT2D eigenvalue weighted by Gasteiger charge is 2.12. The van der Waals surface area contributed by atoms with Crippen molar-refractivity contribution in [2.24, 2.45) is 0 Å². The molecule has 1 N–H and O–H groups in total. The van der Waals surface area contributed by atoms with Gasteiger partial charge in [-0.3, -0.25) is 0 Å². The van der Waals surface area contributed by atoms with Gasteiger partial charge in [-0.25, -0.2) is 0 Å². The first-order valence-electron chi connectivity index (χ1n) is 4.81. The van der Waals surface area contributed by atoms with Crippen molar-refractivity contribution in [3.05, 3.63) is 55.1 Å². The highest BCUT2D eigenvalue weighted by atomic mass is 79.9. The van der Waals surface area contributed by atoms with Crippen molar-refractivity contribution in [1.29, 1.82) is 0 Å². The topological polar surface area (TPSA) is 20.2 Å². The van der Waals surface area contributed by atoms with Crippen LogP contribution >= 0.6 is 43.2 Å². The molecule has 1 heterocycles. The van der Waals surface area contributed by atoms with E-state index in [4.69, 9.17) is 0 Å². The second-order valence-corrected chi connectivity index (χ2v) is 6.04. The molecule has 0 bridgehead atoms. The number of aliphatic hydroxyl groups is 1. The molecule has 0 saturated heterocycles. The van der Waals surface area contributed by atoms with E-state index in [2.05, 4.69) is 31.9 Å². The van der Waals surface area contributed by atoms with Gasteiger partial charge in [0, 0.05) is 26.3 Å². The molecule has 2 aromatic rings. The second kappa shape index (κ2) is 5.45. The van der Waals surface area contributed by atoms with Crippen molar-refractivity contribution in [2.75, 3.05) is 0 Å². The number of rotatable bonds is 3. The molecule has 0 saturated carbocycles. The third-order valence-electron chi connectivity index (χ3n) is 2.32. The summed E-state index contributed by atoms with van der Waals surface area (Å²) in [6.07, 6.45) is 0.185. The van der Waals surface area contributed by atoms with Gasteiger partial charge in [0.05, 0.1) is 6.10 Å². The van der Waals surface area contributed by atoms with Gasteiger partial charge in [-0.05, 0) is 39.0 Å². The molecule has 1 nitrogen and oxygen atoms in total. The smallest absolute Gasteiger partial charge is 0.0849 e. The van der Waals surface area contributed by atoms with Crippen molar-refractivity contribution >= 4 is 43.2 Å². The van der Waals surface area contributed by atoms with Crippen molar-refractivity contribution in [3.63, 3.8) is 0 Å². The summed E-state index contributed by atoms with van der Waals surface area (Å²) in [4.78, 5) is 0. The Bertz CT molecular complexity index is 481. The van der Waals surface area contributed by atoms with Crippen LogP contribution in [0.2, 0.25) is 0 Å². The molecule has 1 aromatic carbocycles. The zero-order valence-corrected chi connectivity index (χ0v) is 12.3. The lowest BCUT2D eigenvalue weighted by atomic mass is 10.0. The minimum Gasteiger partial charge on any atom is -0.388 e. The van der Waals surface area contributed by atoms with Gasteiger partial charge in [-0.2, -0.15) is 11.3 Å². The van der Waals surface area contributed by atoms with Gasteiger partial charge in [-0.1, -0.05) is 28.1 Å². The molecule has 0 radical (unpaired) electrons. The maximum Gasteiger partial charge on any atom is 0.0849 e. The summed E-state index contributed by atoms with van der Waals surface area (Å²) in [5, 5.41) is 14.1. The van der Waals surface area contributed by atoms with Gasteiger partial charge < -0.3 is 5.11 Å². The highest BCUT2D eigenvalue weighted by Crippen LogP contribution is 2.29. The quantitative estimate of drug-likeness (QED) is 0.850. The Kier molecular flexibility index (Phi) is 4.19. The van der Waals surface area contributed by atoms with Gasteiger partial charge in [0.15, 0.2) is 0 Å². The first kappa shape index (κ1) is 12.3. The first-order chi connectivity index (χ1) is 7.66. The van der Waals surface area contributed by atoms with Crippen molar-refractivity contribution in [2.45, 2.75) is 12.5 Å². The van der Waals surface area contributed by atoms with Crippen LogP contribution in [0.15, 0.2) is 44.0 Å². The van der Waals surface area contributed by atoms with Gasteiger partial charge in [0.2, 0.25) is 0 Å². The largest absolute Gasteiger partial charge is 0.388 e. The van der Waals surface area contributed by atoms with Crippen LogP contribution in [0.4, 0.5) is 0 Å². The second-order valence-electron chi connectivity index (χ2n) is 3.52. The number of aliphatic hydroxyl groups excluding tert-OH is 1. The molecule has 4 heteroatoms. The Labute approximate surface area is 115 Å². The summed E-state index contributed by atoms with van der Waals surface area (Å²) in [6.45, 7) is 0. The standard InChI is InChI=1S/C12H10Br2OS/c13-9-3-1-2-8(4-9)5-12(15)10-6-16-7-11(10)14/h1-4,6-7,12,15H,5H2. The maximum atomic E-state index is 10.1. The van der Waals surface area contributed by atoms with Gasteiger partial charge in [0.1, 0.15) is 0 Å². The summed E-state index contributed by atoms with van der Waals surface area (Å²) in [5.41, 5.74) is 2.09. The van der Waals surface area contributed by atoms with Crippen LogP contribution in [-0.2, 0) is 6.42 Å². The molecule has 16 heavy (non-hydrogen) atoms. The summed E-state index contributed by atoms with van der Waals surface area (Å²) in [7, 11) is 0. The van der Waals surface area contributed by atoms with Crippen molar-refractivity contribution in [1.82, 2.24) is 0 Å². The predicted octanol–water partition coefficient (Wildman–Crippen LogP) is 4.55. The van der Waals surface area contributed by atoms with Crippen LogP contribution in [0.5, 0.6) is 0 Å². The molecule has 0 aliphatic heterocycles. The highest BCUT2D eigenvalue weighted by molar-refractivity contribution is 9.10. The van der Waals surface area contributed by atoms with Gasteiger partial charge >= 0.3 is 0 Å². The Morgan fingerprint density at radius 1 is 1.25 bits per heavy atom. The molecule has 0 fully saturated rings. The fraction of sp³-hybridized carbons (Fsp3) is 0.167. The number of hydrogen-bond donors (Lipinski definition) is 1. The average molecular weight is 362 g/mol. The molecule has 1 atom stereocenters. The van der Waals surface area contributed by atoms with E-state index < -0.39 is 6.10 Å². The molecular weight excluding hydrogens is 352 g/mol. The number of benzene rings is 1. The lowest BCUT2D eigenvalue weighted by molar-refractivity contribution is 0.178. The monoisotopic (exact) mass is 360 g/mol. The van der Waals surface area contributed by atoms with Crippen LogP contribution < -0.4 is 0 Å². The molecule has 0 spiro atoms. The van der Waals surface area contributed by atoms with E-state index in [0.29, 0.717) is 6.42 Å². The predicted molar refractivity (Wildman–Crippen MR) is 74.8 cm³/mol. The Balaban J connectivity index is 2.14. The summed E-state index contributed by atoms with van der Waals surface area (Å²) >= 11 is 8.45. The van der Waals surface area contributed by atoms with Gasteiger partial charge in [0.25, 0.3) is 0 Å². The first-order valence-corrected chi connectivity index (χ1v) is 7.34. The molecule has 1 aromatic heterocycles. The lowest BCUT2D eigenvalue weighted by Gasteiger charge is -2.10. The Morgan fingerprint density at radius 3 is 2.69 bits per heavy atom. The third-order valence-corrected chi connectivity index (χ3v) is 4.56. The van der Waals surface area contributed by atoms with Crippen molar-refractivity contribution in [3.8, 4) is 0 Å². The molecule has 0 aliphatic carbocycles. The fourth-order valence-electron chi connectivity index (χ4n) is 1.53. The molecular formula is C12H10Br2OS. The fourth-order valence-corrected chi connectivity index (χ4v) is 3.58. The molecule has 0 aliphatic rings. The number of halogens is 2. The van der Waals surface area contributed by atoms with Crippen LogP contribution in [0.3, 0.4) is 0 Å². The molecule has 2 rings (SSSR count). The number of thiophene rings is 1. The summed E-state index contributed by atoms with van der Waals surface area (Å²) in [6, 6.07) is 8.02.